The summed E-state index contributed by atoms with van der Waals surface area (Å²) in [6, 6.07) is 8.38. The van der Waals surface area contributed by atoms with Gasteiger partial charge in [0.2, 0.25) is 5.65 Å². The highest BCUT2D eigenvalue weighted by Crippen LogP contribution is 2.42. The van der Waals surface area contributed by atoms with Crippen LogP contribution >= 0.6 is 0 Å². The van der Waals surface area contributed by atoms with Crippen molar-refractivity contribution in [2.24, 2.45) is 0 Å². The fourth-order valence-corrected chi connectivity index (χ4v) is 2.85. The maximum atomic E-state index is 4.38. The van der Waals surface area contributed by atoms with E-state index in [0.29, 0.717) is 11.5 Å². The van der Waals surface area contributed by atoms with Crippen molar-refractivity contribution >= 4 is 17.2 Å². The molecule has 0 saturated carbocycles. The fraction of sp³-hybridized carbons (Fsp3) is 0.286. The van der Waals surface area contributed by atoms with Gasteiger partial charge in [0.05, 0.1) is 17.8 Å². The van der Waals surface area contributed by atoms with Crippen molar-refractivity contribution in [3.63, 3.8) is 0 Å². The molecule has 106 valence electrons. The van der Waals surface area contributed by atoms with Crippen LogP contribution in [0.1, 0.15) is 25.5 Å². The van der Waals surface area contributed by atoms with Crippen LogP contribution in [-0.4, -0.2) is 30.6 Å². The molecule has 0 radical (unpaired) electrons. The normalized spacial score (nSPS) is 19.2. The molecule has 2 aromatic heterocycles. The lowest BCUT2D eigenvalue weighted by molar-refractivity contribution is 0.511. The van der Waals surface area contributed by atoms with Crippen molar-refractivity contribution in [3.05, 3.63) is 42.2 Å². The van der Waals surface area contributed by atoms with Gasteiger partial charge in [0.15, 0.2) is 5.82 Å². The van der Waals surface area contributed by atoms with E-state index in [9.17, 15) is 0 Å². The van der Waals surface area contributed by atoms with E-state index in [1.165, 1.54) is 5.56 Å². The highest BCUT2D eigenvalue weighted by molar-refractivity contribution is 5.67. The number of benzene rings is 1. The maximum absolute atomic E-state index is 4.38. The molecule has 1 atom stereocenters. The minimum absolute atomic E-state index is 0.0871. The summed E-state index contributed by atoms with van der Waals surface area (Å²) in [5.74, 6) is 0.680. The van der Waals surface area contributed by atoms with Crippen LogP contribution in [0.2, 0.25) is 0 Å². The molecule has 3 heterocycles. The minimum atomic E-state index is -0.133. The number of anilines is 2. The Kier molecular flexibility index (Phi) is 2.38. The van der Waals surface area contributed by atoms with Crippen LogP contribution in [0.25, 0.3) is 5.65 Å². The Bertz CT molecular complexity index is 808. The van der Waals surface area contributed by atoms with Crippen molar-refractivity contribution in [2.45, 2.75) is 25.4 Å². The summed E-state index contributed by atoms with van der Waals surface area (Å²) >= 11 is 0. The zero-order chi connectivity index (χ0) is 14.4. The predicted molar refractivity (Wildman–Crippen MR) is 79.1 cm³/mol. The Labute approximate surface area is 121 Å². The second-order valence-corrected chi connectivity index (χ2v) is 5.73. The van der Waals surface area contributed by atoms with E-state index in [-0.39, 0.29) is 11.6 Å². The summed E-state index contributed by atoms with van der Waals surface area (Å²) < 4.78 is 1.61. The summed E-state index contributed by atoms with van der Waals surface area (Å²) in [5.41, 5.74) is 2.86. The molecule has 0 aliphatic carbocycles. The van der Waals surface area contributed by atoms with Crippen LogP contribution in [0.15, 0.2) is 36.7 Å². The van der Waals surface area contributed by atoms with Gasteiger partial charge in [-0.25, -0.2) is 4.98 Å². The molecule has 4 rings (SSSR count). The van der Waals surface area contributed by atoms with Gasteiger partial charge in [-0.2, -0.15) is 4.52 Å². The topological polar surface area (TPSA) is 80.0 Å². The molecule has 0 amide bonds. The molecule has 7 nitrogen and oxygen atoms in total. The SMILES string of the molecule is CC1(C)Nc2ccccc2C1Nc1nccn2nnnc12. The number of rotatable bonds is 2. The Balaban J connectivity index is 1.78. The van der Waals surface area contributed by atoms with Gasteiger partial charge in [0.1, 0.15) is 0 Å². The highest BCUT2D eigenvalue weighted by Gasteiger charge is 2.38. The smallest absolute Gasteiger partial charge is 0.221 e. The Morgan fingerprint density at radius 3 is 3.05 bits per heavy atom. The van der Waals surface area contributed by atoms with E-state index in [2.05, 4.69) is 57.1 Å². The maximum Gasteiger partial charge on any atom is 0.221 e. The van der Waals surface area contributed by atoms with Gasteiger partial charge in [-0.1, -0.05) is 18.2 Å². The minimum Gasteiger partial charge on any atom is -0.377 e. The van der Waals surface area contributed by atoms with Crippen molar-refractivity contribution in [1.29, 1.82) is 0 Å². The first-order valence-electron chi connectivity index (χ1n) is 6.81. The molecule has 1 aliphatic heterocycles. The van der Waals surface area contributed by atoms with Crippen LogP contribution in [0.3, 0.4) is 0 Å². The standard InChI is InChI=1S/C14H15N7/c1-14(2)11(9-5-3-4-6-10(9)17-14)16-12-13-18-19-20-21(13)8-7-15-12/h3-8,11,17H,1-2H3,(H,15,16). The van der Waals surface area contributed by atoms with Crippen LogP contribution in [-0.2, 0) is 0 Å². The molecule has 0 fully saturated rings. The van der Waals surface area contributed by atoms with E-state index in [4.69, 9.17) is 0 Å². The summed E-state index contributed by atoms with van der Waals surface area (Å²) in [7, 11) is 0. The van der Waals surface area contributed by atoms with Crippen LogP contribution < -0.4 is 10.6 Å². The van der Waals surface area contributed by atoms with Gasteiger partial charge in [-0.15, -0.1) is 5.10 Å². The molecular weight excluding hydrogens is 266 g/mol. The van der Waals surface area contributed by atoms with E-state index in [1.54, 1.807) is 16.9 Å². The highest BCUT2D eigenvalue weighted by atomic mass is 15.5. The number of nitrogens with one attached hydrogen (secondary N) is 2. The quantitative estimate of drug-likeness (QED) is 0.746. The van der Waals surface area contributed by atoms with Gasteiger partial charge in [-0.3, -0.25) is 0 Å². The molecule has 1 unspecified atom stereocenters. The Morgan fingerprint density at radius 1 is 1.29 bits per heavy atom. The van der Waals surface area contributed by atoms with E-state index in [0.717, 1.165) is 5.69 Å². The lowest BCUT2D eigenvalue weighted by atomic mass is 9.93. The predicted octanol–water partition coefficient (Wildman–Crippen LogP) is 1.88. The van der Waals surface area contributed by atoms with Gasteiger partial charge >= 0.3 is 0 Å². The van der Waals surface area contributed by atoms with Gasteiger partial charge in [0.25, 0.3) is 0 Å². The molecular formula is C14H15N7. The summed E-state index contributed by atoms with van der Waals surface area (Å²) in [6.45, 7) is 4.32. The van der Waals surface area contributed by atoms with Crippen molar-refractivity contribution < 1.29 is 0 Å². The third kappa shape index (κ3) is 1.81. The lowest BCUT2D eigenvalue weighted by Gasteiger charge is -2.29. The van der Waals surface area contributed by atoms with Crippen molar-refractivity contribution in [3.8, 4) is 0 Å². The zero-order valence-electron chi connectivity index (χ0n) is 11.8. The first-order valence-corrected chi connectivity index (χ1v) is 6.81. The van der Waals surface area contributed by atoms with Gasteiger partial charge in [0, 0.05) is 11.9 Å². The molecule has 0 saturated heterocycles. The Hall–Kier alpha value is -2.70. The van der Waals surface area contributed by atoms with Crippen LogP contribution in [0.4, 0.5) is 11.5 Å². The monoisotopic (exact) mass is 281 g/mol. The fourth-order valence-electron chi connectivity index (χ4n) is 2.85. The number of para-hydroxylation sites is 1. The number of tetrazole rings is 1. The number of hydrogen-bond acceptors (Lipinski definition) is 6. The van der Waals surface area contributed by atoms with E-state index in [1.807, 2.05) is 12.1 Å². The van der Waals surface area contributed by atoms with E-state index < -0.39 is 0 Å². The van der Waals surface area contributed by atoms with Crippen LogP contribution in [0, 0.1) is 0 Å². The average Bonchev–Trinajstić information content (AvgIpc) is 3.02. The molecule has 1 aromatic carbocycles. The summed E-state index contributed by atoms with van der Waals surface area (Å²) in [5, 5.41) is 18.6. The first-order chi connectivity index (χ1) is 10.1. The molecule has 1 aliphatic rings. The second-order valence-electron chi connectivity index (χ2n) is 5.73. The molecule has 21 heavy (non-hydrogen) atoms. The molecule has 0 bridgehead atoms. The second kappa shape index (κ2) is 4.15. The summed E-state index contributed by atoms with van der Waals surface area (Å²) in [4.78, 5) is 4.38. The summed E-state index contributed by atoms with van der Waals surface area (Å²) in [6.07, 6.45) is 3.42. The van der Waals surface area contributed by atoms with Crippen molar-refractivity contribution in [1.82, 2.24) is 25.0 Å². The largest absolute Gasteiger partial charge is 0.377 e. The van der Waals surface area contributed by atoms with Crippen LogP contribution in [0.5, 0.6) is 0 Å². The number of fused-ring (bicyclic) bond motifs is 2. The lowest BCUT2D eigenvalue weighted by Crippen LogP contribution is -2.36. The molecule has 0 spiro atoms. The first kappa shape index (κ1) is 12.1. The number of nitrogens with zero attached hydrogens (tertiary/aromatic N) is 5. The zero-order valence-corrected chi connectivity index (χ0v) is 11.8. The van der Waals surface area contributed by atoms with Gasteiger partial charge < -0.3 is 10.6 Å². The molecule has 3 aromatic rings. The Morgan fingerprint density at radius 2 is 2.14 bits per heavy atom. The average molecular weight is 281 g/mol. The van der Waals surface area contributed by atoms with E-state index >= 15 is 0 Å². The third-order valence-corrected chi connectivity index (χ3v) is 3.85. The number of aromatic nitrogens is 5. The van der Waals surface area contributed by atoms with Crippen molar-refractivity contribution in [2.75, 3.05) is 10.6 Å². The van der Waals surface area contributed by atoms with Gasteiger partial charge in [-0.05, 0) is 35.9 Å². The molecule has 2 N–H and O–H groups in total. The third-order valence-electron chi connectivity index (χ3n) is 3.85. The number of hydrogen-bond donors (Lipinski definition) is 2. The molecule has 7 heteroatoms.